The van der Waals surface area contributed by atoms with E-state index < -0.39 is 5.97 Å². The second-order valence-corrected chi connectivity index (χ2v) is 7.82. The molecule has 0 unspecified atom stereocenters. The Balaban J connectivity index is 1.60. The zero-order chi connectivity index (χ0) is 27.4. The van der Waals surface area contributed by atoms with Crippen molar-refractivity contribution >= 4 is 17.8 Å². The van der Waals surface area contributed by atoms with Gasteiger partial charge in [-0.25, -0.2) is 4.79 Å². The van der Waals surface area contributed by atoms with Crippen LogP contribution in [0.2, 0.25) is 0 Å². The van der Waals surface area contributed by atoms with Crippen LogP contribution in [0.4, 0.5) is 0 Å². The summed E-state index contributed by atoms with van der Waals surface area (Å²) in [4.78, 5) is 25.9. The molecule has 0 atom stereocenters. The summed E-state index contributed by atoms with van der Waals surface area (Å²) in [5.74, 6) is 1.70. The van der Waals surface area contributed by atoms with Crippen molar-refractivity contribution in [3.8, 4) is 46.0 Å². The van der Waals surface area contributed by atoms with Crippen LogP contribution >= 0.6 is 0 Å². The first-order valence-corrected chi connectivity index (χ1v) is 11.3. The molecule has 3 aromatic rings. The van der Waals surface area contributed by atoms with Crippen molar-refractivity contribution < 1.29 is 47.5 Å². The SMILES string of the molecule is COc1cc(C(=O)Oc2ccc3c(c2)O/C(=C\c2ccc(OC)c(OC)c2OC)C3=O)cc(OC)c1OC. The van der Waals surface area contributed by atoms with Gasteiger partial charge in [0, 0.05) is 11.6 Å². The maximum atomic E-state index is 13.0. The number of carbonyl (C=O) groups excluding carboxylic acids is 2. The molecule has 0 bridgehead atoms. The van der Waals surface area contributed by atoms with E-state index in [0.717, 1.165) is 0 Å². The van der Waals surface area contributed by atoms with Gasteiger partial charge in [0.25, 0.3) is 0 Å². The number of carbonyl (C=O) groups is 2. The van der Waals surface area contributed by atoms with Gasteiger partial charge in [-0.3, -0.25) is 4.79 Å². The maximum Gasteiger partial charge on any atom is 0.343 e. The Bertz CT molecular complexity index is 1400. The van der Waals surface area contributed by atoms with Crippen molar-refractivity contribution in [3.05, 3.63) is 64.9 Å². The molecule has 0 fully saturated rings. The average molecular weight is 523 g/mol. The first-order valence-electron chi connectivity index (χ1n) is 11.3. The third kappa shape index (κ3) is 4.75. The molecule has 38 heavy (non-hydrogen) atoms. The minimum Gasteiger partial charge on any atom is -0.493 e. The summed E-state index contributed by atoms with van der Waals surface area (Å²) in [5, 5.41) is 0. The molecule has 10 heteroatoms. The molecular formula is C28H26O10. The van der Waals surface area contributed by atoms with Gasteiger partial charge in [-0.2, -0.15) is 0 Å². The van der Waals surface area contributed by atoms with Crippen LogP contribution in [-0.2, 0) is 0 Å². The zero-order valence-corrected chi connectivity index (χ0v) is 21.7. The largest absolute Gasteiger partial charge is 0.493 e. The summed E-state index contributed by atoms with van der Waals surface area (Å²) in [7, 11) is 8.86. The summed E-state index contributed by atoms with van der Waals surface area (Å²) in [6.07, 6.45) is 1.55. The van der Waals surface area contributed by atoms with Crippen LogP contribution in [0.25, 0.3) is 6.08 Å². The lowest BCUT2D eigenvalue weighted by Gasteiger charge is -2.14. The molecule has 198 valence electrons. The fourth-order valence-corrected chi connectivity index (χ4v) is 3.97. The number of rotatable bonds is 9. The lowest BCUT2D eigenvalue weighted by molar-refractivity contribution is 0.0733. The van der Waals surface area contributed by atoms with E-state index in [0.29, 0.717) is 45.6 Å². The van der Waals surface area contributed by atoms with E-state index in [1.54, 1.807) is 18.2 Å². The van der Waals surface area contributed by atoms with Crippen LogP contribution in [0.1, 0.15) is 26.3 Å². The van der Waals surface area contributed by atoms with Gasteiger partial charge in [-0.15, -0.1) is 0 Å². The Kier molecular flexibility index (Phi) is 7.61. The highest BCUT2D eigenvalue weighted by atomic mass is 16.5. The lowest BCUT2D eigenvalue weighted by atomic mass is 10.1. The smallest absolute Gasteiger partial charge is 0.343 e. The van der Waals surface area contributed by atoms with Gasteiger partial charge in [0.2, 0.25) is 17.3 Å². The first kappa shape index (κ1) is 26.2. The van der Waals surface area contributed by atoms with Crippen LogP contribution < -0.4 is 37.9 Å². The van der Waals surface area contributed by atoms with Crippen molar-refractivity contribution in [3.63, 3.8) is 0 Å². The third-order valence-electron chi connectivity index (χ3n) is 5.77. The maximum absolute atomic E-state index is 13.0. The van der Waals surface area contributed by atoms with Crippen LogP contribution in [0, 0.1) is 0 Å². The van der Waals surface area contributed by atoms with Gasteiger partial charge in [0.05, 0.1) is 53.8 Å². The average Bonchev–Trinajstić information content (AvgIpc) is 3.25. The molecule has 1 heterocycles. The van der Waals surface area contributed by atoms with Gasteiger partial charge in [0.1, 0.15) is 11.5 Å². The highest BCUT2D eigenvalue weighted by molar-refractivity contribution is 6.14. The number of hydrogen-bond acceptors (Lipinski definition) is 10. The zero-order valence-electron chi connectivity index (χ0n) is 21.7. The number of esters is 1. The van der Waals surface area contributed by atoms with Crippen molar-refractivity contribution in [2.24, 2.45) is 0 Å². The van der Waals surface area contributed by atoms with Crippen LogP contribution in [-0.4, -0.2) is 54.4 Å². The van der Waals surface area contributed by atoms with Crippen molar-refractivity contribution in [2.45, 2.75) is 0 Å². The molecule has 10 nitrogen and oxygen atoms in total. The number of allylic oxidation sites excluding steroid dienone is 1. The predicted molar refractivity (Wildman–Crippen MR) is 137 cm³/mol. The Morgan fingerprint density at radius 1 is 0.711 bits per heavy atom. The fraction of sp³-hybridized carbons (Fsp3) is 0.214. The van der Waals surface area contributed by atoms with Gasteiger partial charge in [-0.1, -0.05) is 0 Å². The molecule has 0 aromatic heterocycles. The molecular weight excluding hydrogens is 496 g/mol. The van der Waals surface area contributed by atoms with E-state index in [1.807, 2.05) is 0 Å². The number of Topliss-reactive ketones (excluding diaryl/α,β-unsaturated/α-hetero) is 1. The van der Waals surface area contributed by atoms with E-state index in [2.05, 4.69) is 0 Å². The topological polar surface area (TPSA) is 108 Å². The summed E-state index contributed by atoms with van der Waals surface area (Å²) in [5.41, 5.74) is 1.05. The molecule has 1 aliphatic rings. The van der Waals surface area contributed by atoms with Crippen LogP contribution in [0.3, 0.4) is 0 Å². The normalized spacial score (nSPS) is 12.9. The molecule has 4 rings (SSSR count). The summed E-state index contributed by atoms with van der Waals surface area (Å²) < 4.78 is 43.4. The number of fused-ring (bicyclic) bond motifs is 1. The summed E-state index contributed by atoms with van der Waals surface area (Å²) >= 11 is 0. The molecule has 0 N–H and O–H groups in total. The Hall–Kier alpha value is -4.86. The van der Waals surface area contributed by atoms with Crippen LogP contribution in [0.5, 0.6) is 46.0 Å². The number of ketones is 1. The summed E-state index contributed by atoms with van der Waals surface area (Å²) in [6.45, 7) is 0. The van der Waals surface area contributed by atoms with Gasteiger partial charge < -0.3 is 37.9 Å². The van der Waals surface area contributed by atoms with E-state index in [4.69, 9.17) is 37.9 Å². The predicted octanol–water partition coefficient (Wildman–Crippen LogP) is 4.57. The molecule has 0 saturated carbocycles. The number of methoxy groups -OCH3 is 6. The molecule has 1 aliphatic heterocycles. The van der Waals surface area contributed by atoms with Crippen molar-refractivity contribution in [1.82, 2.24) is 0 Å². The lowest BCUT2D eigenvalue weighted by Crippen LogP contribution is -2.09. The van der Waals surface area contributed by atoms with E-state index in [1.165, 1.54) is 73.0 Å². The van der Waals surface area contributed by atoms with E-state index in [9.17, 15) is 9.59 Å². The Morgan fingerprint density at radius 3 is 1.92 bits per heavy atom. The first-order chi connectivity index (χ1) is 18.4. The number of ether oxygens (including phenoxy) is 8. The molecule has 0 amide bonds. The monoisotopic (exact) mass is 522 g/mol. The van der Waals surface area contributed by atoms with E-state index in [-0.39, 0.29) is 28.6 Å². The minimum absolute atomic E-state index is 0.0682. The minimum atomic E-state index is -0.667. The van der Waals surface area contributed by atoms with Gasteiger partial charge >= 0.3 is 5.97 Å². The third-order valence-corrected chi connectivity index (χ3v) is 5.77. The van der Waals surface area contributed by atoms with Crippen molar-refractivity contribution in [2.75, 3.05) is 42.7 Å². The quantitative estimate of drug-likeness (QED) is 0.225. The molecule has 0 radical (unpaired) electrons. The van der Waals surface area contributed by atoms with Gasteiger partial charge in [0.15, 0.2) is 28.8 Å². The highest BCUT2D eigenvalue weighted by Gasteiger charge is 2.29. The Morgan fingerprint density at radius 2 is 1.34 bits per heavy atom. The molecule has 0 saturated heterocycles. The van der Waals surface area contributed by atoms with Crippen LogP contribution in [0.15, 0.2) is 48.2 Å². The molecule has 3 aromatic carbocycles. The Labute approximate surface area is 219 Å². The molecule has 0 aliphatic carbocycles. The summed E-state index contributed by atoms with van der Waals surface area (Å²) in [6, 6.07) is 10.9. The standard InChI is InChI=1S/C28H26O10/c1-31-19-10-7-15(25(34-4)27(19)36-6)11-21-24(29)18-9-8-17(14-20(18)38-21)37-28(30)16-12-22(32-2)26(35-5)23(13-16)33-3/h7-14H,1-6H3/b21-11-. The van der Waals surface area contributed by atoms with Crippen molar-refractivity contribution in [1.29, 1.82) is 0 Å². The van der Waals surface area contributed by atoms with Gasteiger partial charge in [-0.05, 0) is 42.5 Å². The second kappa shape index (κ2) is 11.0. The second-order valence-electron chi connectivity index (χ2n) is 7.82. The van der Waals surface area contributed by atoms with E-state index >= 15 is 0 Å². The highest BCUT2D eigenvalue weighted by Crippen LogP contribution is 2.42. The fourth-order valence-electron chi connectivity index (χ4n) is 3.97. The number of hydrogen-bond donors (Lipinski definition) is 0. The number of benzene rings is 3. The molecule has 0 spiro atoms.